The molecule has 0 aromatic rings. The molecule has 0 aromatic carbocycles. The van der Waals surface area contributed by atoms with Crippen molar-refractivity contribution in [2.45, 2.75) is 59.9 Å². The number of hydrogen-bond donors (Lipinski definition) is 1. The summed E-state index contributed by atoms with van der Waals surface area (Å²) < 4.78 is 0. The lowest BCUT2D eigenvalue weighted by molar-refractivity contribution is 0.218. The second kappa shape index (κ2) is 10.1. The molecule has 0 bridgehead atoms. The molecule has 2 nitrogen and oxygen atoms in total. The van der Waals surface area contributed by atoms with Crippen molar-refractivity contribution in [3.8, 4) is 0 Å². The fraction of sp³-hybridized carbons (Fsp3) is 1.00. The molecule has 0 aromatic heterocycles. The van der Waals surface area contributed by atoms with Gasteiger partial charge in [0.1, 0.15) is 0 Å². The van der Waals surface area contributed by atoms with Crippen molar-refractivity contribution < 1.29 is 0 Å². The van der Waals surface area contributed by atoms with Crippen LogP contribution in [0.5, 0.6) is 0 Å². The van der Waals surface area contributed by atoms with Gasteiger partial charge in [0.25, 0.3) is 0 Å². The SMILES string of the molecule is CCCNC(CN(CC)CCC)C(C)CC. The summed E-state index contributed by atoms with van der Waals surface area (Å²) in [5.74, 6) is 0.775. The molecule has 1 N–H and O–H groups in total. The lowest BCUT2D eigenvalue weighted by Gasteiger charge is -2.30. The van der Waals surface area contributed by atoms with E-state index in [1.54, 1.807) is 0 Å². The first-order chi connectivity index (χ1) is 7.69. The molecule has 0 heterocycles. The van der Waals surface area contributed by atoms with Gasteiger partial charge < -0.3 is 10.2 Å². The molecule has 0 saturated carbocycles. The lowest BCUT2D eigenvalue weighted by Crippen LogP contribution is -2.45. The summed E-state index contributed by atoms with van der Waals surface area (Å²) in [5.41, 5.74) is 0. The van der Waals surface area contributed by atoms with Crippen LogP contribution in [-0.2, 0) is 0 Å². The quantitative estimate of drug-likeness (QED) is 0.618. The highest BCUT2D eigenvalue weighted by Crippen LogP contribution is 2.09. The minimum absolute atomic E-state index is 0.663. The first-order valence-corrected chi connectivity index (χ1v) is 7.15. The predicted molar refractivity (Wildman–Crippen MR) is 73.9 cm³/mol. The number of likely N-dealkylation sites (N-methyl/N-ethyl adjacent to an activating group) is 1. The number of nitrogens with zero attached hydrogens (tertiary/aromatic N) is 1. The van der Waals surface area contributed by atoms with Gasteiger partial charge in [-0.25, -0.2) is 0 Å². The molecule has 98 valence electrons. The molecule has 2 heteroatoms. The van der Waals surface area contributed by atoms with Gasteiger partial charge in [-0.05, 0) is 38.4 Å². The van der Waals surface area contributed by atoms with Crippen LogP contribution in [0.3, 0.4) is 0 Å². The molecule has 16 heavy (non-hydrogen) atoms. The fourth-order valence-corrected chi connectivity index (χ4v) is 2.03. The van der Waals surface area contributed by atoms with E-state index in [4.69, 9.17) is 0 Å². The summed E-state index contributed by atoms with van der Waals surface area (Å²) in [6, 6.07) is 0.663. The maximum Gasteiger partial charge on any atom is 0.0220 e. The highest BCUT2D eigenvalue weighted by molar-refractivity contribution is 4.76. The summed E-state index contributed by atoms with van der Waals surface area (Å²) in [6.07, 6.45) is 3.76. The standard InChI is InChI=1S/C14H32N2/c1-6-10-15-14(13(5)8-3)12-16(9-4)11-7-2/h13-15H,6-12H2,1-5H3. The maximum atomic E-state index is 3.70. The Kier molecular flexibility index (Phi) is 10.0. The van der Waals surface area contributed by atoms with Crippen molar-refractivity contribution in [3.05, 3.63) is 0 Å². The van der Waals surface area contributed by atoms with Crippen LogP contribution < -0.4 is 5.32 Å². The molecule has 0 aliphatic rings. The number of hydrogen-bond acceptors (Lipinski definition) is 2. The third-order valence-electron chi connectivity index (χ3n) is 3.43. The van der Waals surface area contributed by atoms with Gasteiger partial charge in [0.05, 0.1) is 0 Å². The molecule has 0 spiro atoms. The monoisotopic (exact) mass is 228 g/mol. The van der Waals surface area contributed by atoms with Crippen molar-refractivity contribution >= 4 is 0 Å². The molecule has 0 radical (unpaired) electrons. The largest absolute Gasteiger partial charge is 0.312 e. The van der Waals surface area contributed by atoms with E-state index < -0.39 is 0 Å². The topological polar surface area (TPSA) is 15.3 Å². The van der Waals surface area contributed by atoms with Crippen molar-refractivity contribution in [1.29, 1.82) is 0 Å². The highest BCUT2D eigenvalue weighted by atomic mass is 15.1. The molecule has 0 aliphatic heterocycles. The molecular formula is C14H32N2. The normalized spacial score (nSPS) is 15.4. The second-order valence-electron chi connectivity index (χ2n) is 4.84. The van der Waals surface area contributed by atoms with E-state index in [0.717, 1.165) is 12.5 Å². The van der Waals surface area contributed by atoms with Crippen LogP contribution in [0.15, 0.2) is 0 Å². The van der Waals surface area contributed by atoms with Crippen molar-refractivity contribution in [2.24, 2.45) is 5.92 Å². The third kappa shape index (κ3) is 6.49. The zero-order valence-corrected chi connectivity index (χ0v) is 12.1. The number of nitrogens with one attached hydrogen (secondary N) is 1. The first kappa shape index (κ1) is 15.9. The molecular weight excluding hydrogens is 196 g/mol. The summed E-state index contributed by atoms with van der Waals surface area (Å²) in [4.78, 5) is 2.57. The summed E-state index contributed by atoms with van der Waals surface area (Å²) in [7, 11) is 0. The zero-order valence-electron chi connectivity index (χ0n) is 12.1. The van der Waals surface area contributed by atoms with Gasteiger partial charge in [-0.1, -0.05) is 41.0 Å². The molecule has 0 saturated heterocycles. The Labute approximate surface area is 103 Å². The Morgan fingerprint density at radius 1 is 1.06 bits per heavy atom. The van der Waals surface area contributed by atoms with Crippen LogP contribution in [0.2, 0.25) is 0 Å². The van der Waals surface area contributed by atoms with Gasteiger partial charge in [-0.2, -0.15) is 0 Å². The van der Waals surface area contributed by atoms with Crippen molar-refractivity contribution in [2.75, 3.05) is 26.2 Å². The van der Waals surface area contributed by atoms with Gasteiger partial charge >= 0.3 is 0 Å². The van der Waals surface area contributed by atoms with E-state index in [2.05, 4.69) is 44.8 Å². The Hall–Kier alpha value is -0.0800. The molecule has 0 fully saturated rings. The van der Waals surface area contributed by atoms with Crippen molar-refractivity contribution in [1.82, 2.24) is 10.2 Å². The second-order valence-corrected chi connectivity index (χ2v) is 4.84. The summed E-state index contributed by atoms with van der Waals surface area (Å²) >= 11 is 0. The van der Waals surface area contributed by atoms with Gasteiger partial charge in [0, 0.05) is 12.6 Å². The smallest absolute Gasteiger partial charge is 0.0220 e. The Bertz CT molecular complexity index is 148. The minimum Gasteiger partial charge on any atom is -0.312 e. The first-order valence-electron chi connectivity index (χ1n) is 7.15. The highest BCUT2D eigenvalue weighted by Gasteiger charge is 2.17. The summed E-state index contributed by atoms with van der Waals surface area (Å²) in [6.45, 7) is 16.2. The van der Waals surface area contributed by atoms with Crippen LogP contribution in [0.4, 0.5) is 0 Å². The lowest BCUT2D eigenvalue weighted by atomic mass is 9.98. The van der Waals surface area contributed by atoms with E-state index >= 15 is 0 Å². The van der Waals surface area contributed by atoms with E-state index in [0.29, 0.717) is 6.04 Å². The maximum absolute atomic E-state index is 3.70. The van der Waals surface area contributed by atoms with E-state index in [-0.39, 0.29) is 0 Å². The van der Waals surface area contributed by atoms with Gasteiger partial charge in [0.15, 0.2) is 0 Å². The molecule has 0 rings (SSSR count). The number of rotatable bonds is 10. The zero-order chi connectivity index (χ0) is 12.4. The fourth-order valence-electron chi connectivity index (χ4n) is 2.03. The minimum atomic E-state index is 0.663. The molecule has 2 atom stereocenters. The Morgan fingerprint density at radius 2 is 1.75 bits per heavy atom. The molecule has 2 unspecified atom stereocenters. The van der Waals surface area contributed by atoms with Crippen LogP contribution in [-0.4, -0.2) is 37.1 Å². The predicted octanol–water partition coefficient (Wildman–Crippen LogP) is 3.13. The molecule has 0 aliphatic carbocycles. The molecule has 0 amide bonds. The van der Waals surface area contributed by atoms with E-state index in [1.807, 2.05) is 0 Å². The Balaban J connectivity index is 4.15. The van der Waals surface area contributed by atoms with Crippen LogP contribution in [0.25, 0.3) is 0 Å². The van der Waals surface area contributed by atoms with Crippen LogP contribution >= 0.6 is 0 Å². The van der Waals surface area contributed by atoms with Gasteiger partial charge in [0.2, 0.25) is 0 Å². The van der Waals surface area contributed by atoms with E-state index in [9.17, 15) is 0 Å². The van der Waals surface area contributed by atoms with Crippen LogP contribution in [0, 0.1) is 5.92 Å². The average molecular weight is 228 g/mol. The van der Waals surface area contributed by atoms with Gasteiger partial charge in [-0.3, -0.25) is 0 Å². The van der Waals surface area contributed by atoms with E-state index in [1.165, 1.54) is 38.9 Å². The Morgan fingerprint density at radius 3 is 2.19 bits per heavy atom. The van der Waals surface area contributed by atoms with Crippen molar-refractivity contribution in [3.63, 3.8) is 0 Å². The third-order valence-corrected chi connectivity index (χ3v) is 3.43. The van der Waals surface area contributed by atoms with Gasteiger partial charge in [-0.15, -0.1) is 0 Å². The van der Waals surface area contributed by atoms with Crippen LogP contribution in [0.1, 0.15) is 53.9 Å². The summed E-state index contributed by atoms with van der Waals surface area (Å²) in [5, 5.41) is 3.70. The average Bonchev–Trinajstić information content (AvgIpc) is 2.32.